The summed E-state index contributed by atoms with van der Waals surface area (Å²) in [7, 11) is 4.22. The Morgan fingerprint density at radius 1 is 1.33 bits per heavy atom. The van der Waals surface area contributed by atoms with Gasteiger partial charge in [0.1, 0.15) is 0 Å². The highest BCUT2D eigenvalue weighted by Crippen LogP contribution is 2.26. The smallest absolute Gasteiger partial charge is 0.0363 e. The second-order valence-electron chi connectivity index (χ2n) is 4.50. The van der Waals surface area contributed by atoms with Crippen LogP contribution in [-0.4, -0.2) is 37.0 Å². The van der Waals surface area contributed by atoms with Crippen molar-refractivity contribution in [3.8, 4) is 0 Å². The molecule has 3 heteroatoms. The summed E-state index contributed by atoms with van der Waals surface area (Å²) in [6, 6.07) is 6.22. The van der Waals surface area contributed by atoms with Crippen molar-refractivity contribution in [3.05, 3.63) is 29.3 Å². The first-order chi connectivity index (χ1) is 7.16. The standard InChI is InChI=1S/C12H19N3/c1-14(2)6-7-15-8-10-4-3-5-12(13)11(10)9-15/h3-5H,6-9,13H2,1-2H3. The van der Waals surface area contributed by atoms with Gasteiger partial charge in [0.25, 0.3) is 0 Å². The molecule has 3 nitrogen and oxygen atoms in total. The maximum Gasteiger partial charge on any atom is 0.0363 e. The van der Waals surface area contributed by atoms with Gasteiger partial charge in [-0.3, -0.25) is 4.90 Å². The predicted molar refractivity (Wildman–Crippen MR) is 63.5 cm³/mol. The highest BCUT2D eigenvalue weighted by Gasteiger charge is 2.19. The van der Waals surface area contributed by atoms with E-state index in [1.165, 1.54) is 11.1 Å². The maximum absolute atomic E-state index is 5.95. The number of benzene rings is 1. The lowest BCUT2D eigenvalue weighted by Crippen LogP contribution is -2.27. The zero-order chi connectivity index (χ0) is 10.8. The van der Waals surface area contributed by atoms with Gasteiger partial charge in [-0.2, -0.15) is 0 Å². The normalized spacial score (nSPS) is 15.9. The number of hydrogen-bond donors (Lipinski definition) is 1. The van der Waals surface area contributed by atoms with Crippen molar-refractivity contribution >= 4 is 5.69 Å². The number of nitrogens with zero attached hydrogens (tertiary/aromatic N) is 2. The number of likely N-dealkylation sites (N-methyl/N-ethyl adjacent to an activating group) is 1. The van der Waals surface area contributed by atoms with Crippen molar-refractivity contribution < 1.29 is 0 Å². The van der Waals surface area contributed by atoms with Crippen LogP contribution in [0.4, 0.5) is 5.69 Å². The summed E-state index contributed by atoms with van der Waals surface area (Å²) in [6.45, 7) is 4.28. The van der Waals surface area contributed by atoms with Gasteiger partial charge in [0, 0.05) is 31.9 Å². The molecule has 0 aliphatic carbocycles. The van der Waals surface area contributed by atoms with Crippen LogP contribution in [0.2, 0.25) is 0 Å². The zero-order valence-corrected chi connectivity index (χ0v) is 9.53. The Bertz CT molecular complexity index is 347. The Morgan fingerprint density at radius 3 is 2.80 bits per heavy atom. The Balaban J connectivity index is 2.00. The van der Waals surface area contributed by atoms with Crippen molar-refractivity contribution in [1.82, 2.24) is 9.80 Å². The number of nitrogen functional groups attached to an aromatic ring is 1. The maximum atomic E-state index is 5.95. The minimum Gasteiger partial charge on any atom is -0.398 e. The van der Waals surface area contributed by atoms with Crippen LogP contribution in [0.1, 0.15) is 11.1 Å². The molecule has 2 rings (SSSR count). The van der Waals surface area contributed by atoms with Gasteiger partial charge >= 0.3 is 0 Å². The molecule has 0 saturated heterocycles. The Labute approximate surface area is 91.5 Å². The van der Waals surface area contributed by atoms with Gasteiger partial charge in [-0.25, -0.2) is 0 Å². The molecule has 1 aliphatic heterocycles. The van der Waals surface area contributed by atoms with Crippen molar-refractivity contribution in [3.63, 3.8) is 0 Å². The number of anilines is 1. The fraction of sp³-hybridized carbons (Fsp3) is 0.500. The number of nitrogens with two attached hydrogens (primary N) is 1. The molecule has 0 amide bonds. The van der Waals surface area contributed by atoms with Gasteiger partial charge in [-0.1, -0.05) is 12.1 Å². The van der Waals surface area contributed by atoms with Crippen molar-refractivity contribution in [1.29, 1.82) is 0 Å². The summed E-state index contributed by atoms with van der Waals surface area (Å²) in [4.78, 5) is 4.66. The van der Waals surface area contributed by atoms with Crippen LogP contribution in [0.15, 0.2) is 18.2 Å². The second-order valence-corrected chi connectivity index (χ2v) is 4.50. The third-order valence-electron chi connectivity index (χ3n) is 2.95. The lowest BCUT2D eigenvalue weighted by molar-refractivity contribution is 0.246. The monoisotopic (exact) mass is 205 g/mol. The van der Waals surface area contributed by atoms with E-state index < -0.39 is 0 Å². The predicted octanol–water partition coefficient (Wildman–Crippen LogP) is 1.15. The van der Waals surface area contributed by atoms with Gasteiger partial charge < -0.3 is 10.6 Å². The number of fused-ring (bicyclic) bond motifs is 1. The van der Waals surface area contributed by atoms with Crippen molar-refractivity contribution in [2.75, 3.05) is 32.9 Å². The summed E-state index contributed by atoms with van der Waals surface area (Å²) in [5.74, 6) is 0. The molecule has 0 fully saturated rings. The summed E-state index contributed by atoms with van der Waals surface area (Å²) in [5.41, 5.74) is 9.62. The van der Waals surface area contributed by atoms with Crippen LogP contribution in [0.3, 0.4) is 0 Å². The van der Waals surface area contributed by atoms with Gasteiger partial charge in [0.2, 0.25) is 0 Å². The van der Waals surface area contributed by atoms with Crippen LogP contribution >= 0.6 is 0 Å². The molecule has 1 aromatic carbocycles. The topological polar surface area (TPSA) is 32.5 Å². The second kappa shape index (κ2) is 4.21. The average molecular weight is 205 g/mol. The first-order valence-corrected chi connectivity index (χ1v) is 5.40. The minimum absolute atomic E-state index is 0.944. The highest BCUT2D eigenvalue weighted by molar-refractivity contribution is 5.52. The van der Waals surface area contributed by atoms with E-state index in [9.17, 15) is 0 Å². The van der Waals surface area contributed by atoms with Gasteiger partial charge in [0.05, 0.1) is 0 Å². The van der Waals surface area contributed by atoms with E-state index in [0.29, 0.717) is 0 Å². The Hall–Kier alpha value is -1.06. The van der Waals surface area contributed by atoms with Gasteiger partial charge in [0.15, 0.2) is 0 Å². The lowest BCUT2D eigenvalue weighted by atomic mass is 10.1. The summed E-state index contributed by atoms with van der Waals surface area (Å²) in [6.07, 6.45) is 0. The molecule has 0 bridgehead atoms. The summed E-state index contributed by atoms with van der Waals surface area (Å²) >= 11 is 0. The highest BCUT2D eigenvalue weighted by atomic mass is 15.2. The molecule has 0 unspecified atom stereocenters. The lowest BCUT2D eigenvalue weighted by Gasteiger charge is -2.17. The largest absolute Gasteiger partial charge is 0.398 e. The fourth-order valence-electron chi connectivity index (χ4n) is 2.02. The summed E-state index contributed by atoms with van der Waals surface area (Å²) < 4.78 is 0. The third-order valence-corrected chi connectivity index (χ3v) is 2.95. The molecule has 15 heavy (non-hydrogen) atoms. The van der Waals surface area contributed by atoms with E-state index in [1.54, 1.807) is 0 Å². The van der Waals surface area contributed by atoms with E-state index in [0.717, 1.165) is 31.9 Å². The molecular formula is C12H19N3. The SMILES string of the molecule is CN(C)CCN1Cc2cccc(N)c2C1. The summed E-state index contributed by atoms with van der Waals surface area (Å²) in [5, 5.41) is 0. The molecule has 2 N–H and O–H groups in total. The Morgan fingerprint density at radius 2 is 2.13 bits per heavy atom. The molecule has 1 heterocycles. The van der Waals surface area contributed by atoms with E-state index in [4.69, 9.17) is 5.73 Å². The molecule has 0 aromatic heterocycles. The third kappa shape index (κ3) is 2.30. The van der Waals surface area contributed by atoms with Gasteiger partial charge in [-0.05, 0) is 31.3 Å². The minimum atomic E-state index is 0.944. The number of hydrogen-bond acceptors (Lipinski definition) is 3. The van der Waals surface area contributed by atoms with Crippen LogP contribution in [-0.2, 0) is 13.1 Å². The molecular weight excluding hydrogens is 186 g/mol. The van der Waals surface area contributed by atoms with Crippen LogP contribution in [0.5, 0.6) is 0 Å². The van der Waals surface area contributed by atoms with E-state index in [2.05, 4.69) is 30.0 Å². The molecule has 0 saturated carbocycles. The first kappa shape index (κ1) is 10.5. The van der Waals surface area contributed by atoms with E-state index in [1.807, 2.05) is 12.1 Å². The van der Waals surface area contributed by atoms with E-state index in [-0.39, 0.29) is 0 Å². The molecule has 1 aromatic rings. The first-order valence-electron chi connectivity index (χ1n) is 5.40. The molecule has 0 radical (unpaired) electrons. The number of rotatable bonds is 3. The zero-order valence-electron chi connectivity index (χ0n) is 9.53. The Kier molecular flexibility index (Phi) is 2.93. The van der Waals surface area contributed by atoms with Crippen LogP contribution < -0.4 is 5.73 Å². The average Bonchev–Trinajstić information content (AvgIpc) is 2.59. The van der Waals surface area contributed by atoms with E-state index >= 15 is 0 Å². The van der Waals surface area contributed by atoms with Crippen LogP contribution in [0.25, 0.3) is 0 Å². The fourth-order valence-corrected chi connectivity index (χ4v) is 2.02. The van der Waals surface area contributed by atoms with Gasteiger partial charge in [-0.15, -0.1) is 0 Å². The molecule has 0 atom stereocenters. The van der Waals surface area contributed by atoms with Crippen molar-refractivity contribution in [2.24, 2.45) is 0 Å². The molecule has 1 aliphatic rings. The molecule has 0 spiro atoms. The molecule has 82 valence electrons. The van der Waals surface area contributed by atoms with Crippen LogP contribution in [0, 0.1) is 0 Å². The van der Waals surface area contributed by atoms with Crippen molar-refractivity contribution in [2.45, 2.75) is 13.1 Å². The quantitative estimate of drug-likeness (QED) is 0.751.